The first-order valence-corrected chi connectivity index (χ1v) is 6.51. The third kappa shape index (κ3) is 7.09. The Kier molecular flexibility index (Phi) is 7.29. The van der Waals surface area contributed by atoms with Crippen LogP contribution in [0.4, 0.5) is 13.2 Å². The first-order valence-electron chi connectivity index (χ1n) is 6.13. The zero-order valence-corrected chi connectivity index (χ0v) is 11.6. The molecule has 0 spiro atoms. The van der Waals surface area contributed by atoms with E-state index in [0.29, 0.717) is 24.7 Å². The lowest BCUT2D eigenvalue weighted by atomic mass is 10.2. The Morgan fingerprint density at radius 2 is 1.90 bits per heavy atom. The Hall–Kier alpha value is -0.820. The number of hydrogen-bond donors (Lipinski definition) is 1. The molecule has 0 aliphatic heterocycles. The highest BCUT2D eigenvalue weighted by atomic mass is 35.5. The molecule has 1 aromatic carbocycles. The molecule has 0 aliphatic rings. The van der Waals surface area contributed by atoms with Gasteiger partial charge in [-0.2, -0.15) is 13.2 Å². The Morgan fingerprint density at radius 1 is 1.20 bits per heavy atom. The number of ether oxygens (including phenoxy) is 1. The van der Waals surface area contributed by atoms with Crippen LogP contribution >= 0.6 is 11.6 Å². The standard InChI is InChI=1S/C13H17ClF3NO2/c14-12-4-2-1-3-11(12)9-18(5-7-19)6-8-20-10-13(15,16)17/h1-4,19H,5-10H2. The van der Waals surface area contributed by atoms with Crippen molar-refractivity contribution >= 4 is 11.6 Å². The smallest absolute Gasteiger partial charge is 0.395 e. The van der Waals surface area contributed by atoms with Crippen LogP contribution in [0.15, 0.2) is 24.3 Å². The minimum atomic E-state index is -4.31. The van der Waals surface area contributed by atoms with Gasteiger partial charge in [-0.05, 0) is 11.6 Å². The van der Waals surface area contributed by atoms with Crippen LogP contribution < -0.4 is 0 Å². The van der Waals surface area contributed by atoms with E-state index >= 15 is 0 Å². The summed E-state index contributed by atoms with van der Waals surface area (Å²) in [5.41, 5.74) is 0.860. The Bertz CT molecular complexity index is 401. The monoisotopic (exact) mass is 311 g/mol. The van der Waals surface area contributed by atoms with Crippen molar-refractivity contribution < 1.29 is 23.0 Å². The van der Waals surface area contributed by atoms with Gasteiger partial charge >= 0.3 is 6.18 Å². The third-order valence-corrected chi connectivity index (χ3v) is 2.95. The molecule has 1 rings (SSSR count). The van der Waals surface area contributed by atoms with Gasteiger partial charge in [-0.1, -0.05) is 29.8 Å². The summed E-state index contributed by atoms with van der Waals surface area (Å²) in [6.07, 6.45) is -4.31. The number of hydrogen-bond acceptors (Lipinski definition) is 3. The van der Waals surface area contributed by atoms with Crippen molar-refractivity contribution in [3.05, 3.63) is 34.9 Å². The highest BCUT2D eigenvalue weighted by Crippen LogP contribution is 2.17. The molecule has 0 aromatic heterocycles. The average molecular weight is 312 g/mol. The quantitative estimate of drug-likeness (QED) is 0.749. The normalized spacial score (nSPS) is 12.1. The second kappa shape index (κ2) is 8.46. The fraction of sp³-hybridized carbons (Fsp3) is 0.538. The van der Waals surface area contributed by atoms with E-state index in [1.54, 1.807) is 17.0 Å². The summed E-state index contributed by atoms with van der Waals surface area (Å²) >= 11 is 6.02. The van der Waals surface area contributed by atoms with Gasteiger partial charge in [-0.3, -0.25) is 4.90 Å². The van der Waals surface area contributed by atoms with Gasteiger partial charge in [0.1, 0.15) is 6.61 Å². The molecular weight excluding hydrogens is 295 g/mol. The first-order chi connectivity index (χ1) is 9.42. The Balaban J connectivity index is 2.43. The minimum Gasteiger partial charge on any atom is -0.395 e. The molecule has 7 heteroatoms. The highest BCUT2D eigenvalue weighted by molar-refractivity contribution is 6.31. The zero-order chi connectivity index (χ0) is 15.0. The fourth-order valence-electron chi connectivity index (χ4n) is 1.66. The predicted octanol–water partition coefficient (Wildman–Crippen LogP) is 2.71. The summed E-state index contributed by atoms with van der Waals surface area (Å²) in [5.74, 6) is 0. The van der Waals surface area contributed by atoms with E-state index in [-0.39, 0.29) is 13.2 Å². The highest BCUT2D eigenvalue weighted by Gasteiger charge is 2.27. The molecule has 20 heavy (non-hydrogen) atoms. The summed E-state index contributed by atoms with van der Waals surface area (Å²) in [6, 6.07) is 7.21. The van der Waals surface area contributed by atoms with E-state index in [9.17, 15) is 13.2 Å². The molecule has 0 saturated carbocycles. The molecule has 1 N–H and O–H groups in total. The molecule has 0 heterocycles. The van der Waals surface area contributed by atoms with E-state index in [0.717, 1.165) is 5.56 Å². The SMILES string of the molecule is OCCN(CCOCC(F)(F)F)Cc1ccccc1Cl. The van der Waals surface area contributed by atoms with E-state index in [2.05, 4.69) is 4.74 Å². The molecular formula is C13H17ClF3NO2. The Labute approximate surface area is 120 Å². The fourth-order valence-corrected chi connectivity index (χ4v) is 1.86. The van der Waals surface area contributed by atoms with Gasteiger partial charge in [0.25, 0.3) is 0 Å². The molecule has 0 atom stereocenters. The molecule has 0 saturated heterocycles. The summed E-state index contributed by atoms with van der Waals surface area (Å²) in [4.78, 5) is 1.79. The van der Waals surface area contributed by atoms with Crippen LogP contribution in [0.1, 0.15) is 5.56 Å². The first kappa shape index (κ1) is 17.2. The maximum atomic E-state index is 11.9. The largest absolute Gasteiger partial charge is 0.411 e. The number of nitrogens with zero attached hydrogens (tertiary/aromatic N) is 1. The minimum absolute atomic E-state index is 0.0516. The zero-order valence-electron chi connectivity index (χ0n) is 10.9. The summed E-state index contributed by atoms with van der Waals surface area (Å²) in [6.45, 7) is -0.294. The van der Waals surface area contributed by atoms with E-state index in [1.165, 1.54) is 0 Å². The predicted molar refractivity (Wildman–Crippen MR) is 70.7 cm³/mol. The van der Waals surface area contributed by atoms with Gasteiger partial charge in [0, 0.05) is 24.7 Å². The van der Waals surface area contributed by atoms with E-state index in [1.807, 2.05) is 12.1 Å². The third-order valence-electron chi connectivity index (χ3n) is 2.59. The van der Waals surface area contributed by atoms with Crippen LogP contribution in [0.25, 0.3) is 0 Å². The van der Waals surface area contributed by atoms with Crippen molar-refractivity contribution in [2.75, 3.05) is 32.9 Å². The van der Waals surface area contributed by atoms with Crippen LogP contribution in [0.3, 0.4) is 0 Å². The van der Waals surface area contributed by atoms with Crippen LogP contribution in [0.5, 0.6) is 0 Å². The molecule has 3 nitrogen and oxygen atoms in total. The molecule has 1 aromatic rings. The number of benzene rings is 1. The van der Waals surface area contributed by atoms with Crippen molar-refractivity contribution in [2.45, 2.75) is 12.7 Å². The van der Waals surface area contributed by atoms with Crippen molar-refractivity contribution in [3.8, 4) is 0 Å². The van der Waals surface area contributed by atoms with Gasteiger partial charge < -0.3 is 9.84 Å². The van der Waals surface area contributed by atoms with Crippen LogP contribution in [-0.2, 0) is 11.3 Å². The summed E-state index contributed by atoms with van der Waals surface area (Å²) in [5, 5.41) is 9.56. The second-order valence-corrected chi connectivity index (χ2v) is 4.67. The maximum absolute atomic E-state index is 11.9. The second-order valence-electron chi connectivity index (χ2n) is 4.26. The number of halogens is 4. The molecule has 0 fully saturated rings. The molecule has 0 radical (unpaired) electrons. The van der Waals surface area contributed by atoms with Crippen molar-refractivity contribution in [1.82, 2.24) is 4.90 Å². The number of aliphatic hydroxyl groups is 1. The molecule has 0 aliphatic carbocycles. The van der Waals surface area contributed by atoms with Crippen LogP contribution in [0.2, 0.25) is 5.02 Å². The summed E-state index contributed by atoms with van der Waals surface area (Å²) < 4.78 is 40.4. The molecule has 0 bridgehead atoms. The molecule has 0 amide bonds. The lowest BCUT2D eigenvalue weighted by Crippen LogP contribution is -2.31. The van der Waals surface area contributed by atoms with Crippen LogP contribution in [-0.4, -0.2) is 49.1 Å². The maximum Gasteiger partial charge on any atom is 0.411 e. The Morgan fingerprint density at radius 3 is 2.50 bits per heavy atom. The lowest BCUT2D eigenvalue weighted by molar-refractivity contribution is -0.174. The van der Waals surface area contributed by atoms with Crippen molar-refractivity contribution in [2.24, 2.45) is 0 Å². The number of rotatable bonds is 8. The molecule has 114 valence electrons. The van der Waals surface area contributed by atoms with Gasteiger partial charge in [-0.25, -0.2) is 0 Å². The topological polar surface area (TPSA) is 32.7 Å². The number of aliphatic hydroxyl groups excluding tert-OH is 1. The molecule has 0 unspecified atom stereocenters. The summed E-state index contributed by atoms with van der Waals surface area (Å²) in [7, 11) is 0. The van der Waals surface area contributed by atoms with Crippen LogP contribution in [0, 0.1) is 0 Å². The van der Waals surface area contributed by atoms with E-state index < -0.39 is 12.8 Å². The van der Waals surface area contributed by atoms with Crippen molar-refractivity contribution in [1.29, 1.82) is 0 Å². The van der Waals surface area contributed by atoms with E-state index in [4.69, 9.17) is 16.7 Å². The average Bonchev–Trinajstić information content (AvgIpc) is 2.36. The van der Waals surface area contributed by atoms with Crippen molar-refractivity contribution in [3.63, 3.8) is 0 Å². The lowest BCUT2D eigenvalue weighted by Gasteiger charge is -2.22. The van der Waals surface area contributed by atoms with Gasteiger partial charge in [0.05, 0.1) is 13.2 Å². The number of alkyl halides is 3. The van der Waals surface area contributed by atoms with Gasteiger partial charge in [0.2, 0.25) is 0 Å². The van der Waals surface area contributed by atoms with Gasteiger partial charge in [0.15, 0.2) is 0 Å². The van der Waals surface area contributed by atoms with Gasteiger partial charge in [-0.15, -0.1) is 0 Å².